The molecule has 1 fully saturated rings. The van der Waals surface area contributed by atoms with Crippen LogP contribution in [0.5, 0.6) is 0 Å². The highest BCUT2D eigenvalue weighted by Gasteiger charge is 2.29. The summed E-state index contributed by atoms with van der Waals surface area (Å²) in [5.41, 5.74) is 6.04. The van der Waals surface area contributed by atoms with Crippen molar-refractivity contribution in [1.29, 1.82) is 0 Å². The summed E-state index contributed by atoms with van der Waals surface area (Å²) in [6.07, 6.45) is 2.98. The van der Waals surface area contributed by atoms with Crippen molar-refractivity contribution in [1.82, 2.24) is 4.31 Å². The summed E-state index contributed by atoms with van der Waals surface area (Å²) in [5, 5.41) is 0.271. The average Bonchev–Trinajstić information content (AvgIpc) is 2.46. The highest BCUT2D eigenvalue weighted by atomic mass is 35.5. The fourth-order valence-electron chi connectivity index (χ4n) is 2.58. The number of hydrogen-bond acceptors (Lipinski definition) is 3. The van der Waals surface area contributed by atoms with E-state index in [4.69, 9.17) is 29.6 Å². The molecule has 2 N–H and O–H groups in total. The van der Waals surface area contributed by atoms with Gasteiger partial charge in [0.15, 0.2) is 0 Å². The van der Waals surface area contributed by atoms with Gasteiger partial charge in [0, 0.05) is 18.7 Å². The number of rotatable bonds is 4. The SMILES string of the molecule is CCC1CCCN(S(=O)(=O)c2ccc(C(N)=S)c(Cl)c2)C1. The zero-order chi connectivity index (χ0) is 15.6. The number of hydrogen-bond donors (Lipinski definition) is 1. The molecule has 116 valence electrons. The van der Waals surface area contributed by atoms with Crippen molar-refractivity contribution in [2.24, 2.45) is 11.7 Å². The van der Waals surface area contributed by atoms with Crippen LogP contribution in [0, 0.1) is 5.92 Å². The largest absolute Gasteiger partial charge is 0.389 e. The summed E-state index contributed by atoms with van der Waals surface area (Å²) in [7, 11) is -3.51. The maximum Gasteiger partial charge on any atom is 0.243 e. The van der Waals surface area contributed by atoms with Crippen LogP contribution in [0.1, 0.15) is 31.7 Å². The molecule has 0 amide bonds. The van der Waals surface area contributed by atoms with E-state index in [0.29, 0.717) is 24.6 Å². The second-order valence-corrected chi connectivity index (χ2v) is 8.07. The lowest BCUT2D eigenvalue weighted by atomic mass is 9.97. The maximum absolute atomic E-state index is 12.7. The molecule has 1 aromatic carbocycles. The topological polar surface area (TPSA) is 63.4 Å². The lowest BCUT2D eigenvalue weighted by Gasteiger charge is -2.31. The Kier molecular flexibility index (Phi) is 5.24. The monoisotopic (exact) mass is 346 g/mol. The fourth-order valence-corrected chi connectivity index (χ4v) is 4.75. The minimum Gasteiger partial charge on any atom is -0.389 e. The van der Waals surface area contributed by atoms with Crippen LogP contribution in [0.25, 0.3) is 0 Å². The molecule has 1 aliphatic heterocycles. The number of sulfonamides is 1. The molecule has 1 saturated heterocycles. The average molecular weight is 347 g/mol. The lowest BCUT2D eigenvalue weighted by molar-refractivity contribution is 0.261. The molecule has 0 radical (unpaired) electrons. The summed E-state index contributed by atoms with van der Waals surface area (Å²) in [5.74, 6) is 0.430. The van der Waals surface area contributed by atoms with Gasteiger partial charge in [-0.15, -0.1) is 0 Å². The highest BCUT2D eigenvalue weighted by Crippen LogP contribution is 2.27. The van der Waals surface area contributed by atoms with Gasteiger partial charge in [-0.1, -0.05) is 37.2 Å². The van der Waals surface area contributed by atoms with E-state index in [1.807, 2.05) is 0 Å². The first-order valence-electron chi connectivity index (χ1n) is 6.95. The van der Waals surface area contributed by atoms with Gasteiger partial charge in [0.25, 0.3) is 0 Å². The Morgan fingerprint density at radius 1 is 1.52 bits per heavy atom. The number of nitrogens with zero attached hydrogens (tertiary/aromatic N) is 1. The Morgan fingerprint density at radius 3 is 2.81 bits per heavy atom. The predicted molar refractivity (Wildman–Crippen MR) is 89.1 cm³/mol. The summed E-state index contributed by atoms with van der Waals surface area (Å²) in [6.45, 7) is 3.23. The van der Waals surface area contributed by atoms with Gasteiger partial charge in [-0.05, 0) is 37.0 Å². The number of thiocarbonyl (C=S) groups is 1. The Balaban J connectivity index is 2.31. The first-order valence-corrected chi connectivity index (χ1v) is 9.18. The molecule has 0 aromatic heterocycles. The lowest BCUT2D eigenvalue weighted by Crippen LogP contribution is -2.39. The van der Waals surface area contributed by atoms with Crippen molar-refractivity contribution in [2.45, 2.75) is 31.1 Å². The normalized spacial score (nSPS) is 20.4. The van der Waals surface area contributed by atoms with Crippen LogP contribution in [0.4, 0.5) is 0 Å². The molecule has 0 aliphatic carbocycles. The van der Waals surface area contributed by atoms with Crippen LogP contribution in [-0.2, 0) is 10.0 Å². The molecular formula is C14H19ClN2O2S2. The molecule has 0 saturated carbocycles. The zero-order valence-electron chi connectivity index (χ0n) is 11.9. The van der Waals surface area contributed by atoms with Gasteiger partial charge in [-0.3, -0.25) is 0 Å². The summed E-state index contributed by atoms with van der Waals surface area (Å²) in [6, 6.07) is 4.52. The smallest absolute Gasteiger partial charge is 0.243 e. The van der Waals surface area contributed by atoms with E-state index in [-0.39, 0.29) is 14.9 Å². The third kappa shape index (κ3) is 3.56. The van der Waals surface area contributed by atoms with Crippen LogP contribution in [0.2, 0.25) is 5.02 Å². The van der Waals surface area contributed by atoms with Gasteiger partial charge in [-0.25, -0.2) is 8.42 Å². The number of benzene rings is 1. The van der Waals surface area contributed by atoms with E-state index in [2.05, 4.69) is 6.92 Å². The Bertz CT molecular complexity index is 646. The maximum atomic E-state index is 12.7. The van der Waals surface area contributed by atoms with E-state index in [1.54, 1.807) is 10.4 Å². The molecule has 21 heavy (non-hydrogen) atoms. The van der Waals surface area contributed by atoms with Crippen molar-refractivity contribution in [3.05, 3.63) is 28.8 Å². The Morgan fingerprint density at radius 2 is 2.24 bits per heavy atom. The zero-order valence-corrected chi connectivity index (χ0v) is 14.3. The van der Waals surface area contributed by atoms with E-state index in [0.717, 1.165) is 19.3 Å². The summed E-state index contributed by atoms with van der Waals surface area (Å²) < 4.78 is 26.9. The minimum atomic E-state index is -3.51. The standard InChI is InChI=1S/C14H19ClN2O2S2/c1-2-10-4-3-7-17(9-10)21(18,19)11-5-6-12(14(16)20)13(15)8-11/h5-6,8,10H,2-4,7,9H2,1H3,(H2,16,20). The van der Waals surface area contributed by atoms with Gasteiger partial charge in [-0.2, -0.15) is 4.31 Å². The molecule has 0 spiro atoms. The van der Waals surface area contributed by atoms with Gasteiger partial charge in [0.05, 0.1) is 9.92 Å². The molecule has 7 heteroatoms. The van der Waals surface area contributed by atoms with E-state index >= 15 is 0 Å². The van der Waals surface area contributed by atoms with Crippen LogP contribution in [0.15, 0.2) is 23.1 Å². The molecule has 1 unspecified atom stereocenters. The van der Waals surface area contributed by atoms with E-state index in [1.165, 1.54) is 12.1 Å². The van der Waals surface area contributed by atoms with Crippen LogP contribution < -0.4 is 5.73 Å². The van der Waals surface area contributed by atoms with Gasteiger partial charge in [0.1, 0.15) is 4.99 Å². The molecule has 4 nitrogen and oxygen atoms in total. The number of nitrogens with two attached hydrogens (primary N) is 1. The molecule has 0 bridgehead atoms. The van der Waals surface area contributed by atoms with Gasteiger partial charge >= 0.3 is 0 Å². The van der Waals surface area contributed by atoms with Crippen LogP contribution in [0.3, 0.4) is 0 Å². The first-order chi connectivity index (χ1) is 9.86. The number of halogens is 1. The van der Waals surface area contributed by atoms with Crippen molar-refractivity contribution in [2.75, 3.05) is 13.1 Å². The van der Waals surface area contributed by atoms with Gasteiger partial charge in [0.2, 0.25) is 10.0 Å². The third-order valence-electron chi connectivity index (χ3n) is 3.90. The quantitative estimate of drug-likeness (QED) is 0.851. The second-order valence-electron chi connectivity index (χ2n) is 5.29. The molecular weight excluding hydrogens is 328 g/mol. The van der Waals surface area contributed by atoms with Crippen molar-refractivity contribution < 1.29 is 8.42 Å². The fraction of sp³-hybridized carbons (Fsp3) is 0.500. The summed E-state index contributed by atoms with van der Waals surface area (Å²) in [4.78, 5) is 0.359. The minimum absolute atomic E-state index is 0.160. The molecule has 2 rings (SSSR count). The second kappa shape index (κ2) is 6.60. The first kappa shape index (κ1) is 16.7. The van der Waals surface area contributed by atoms with Gasteiger partial charge < -0.3 is 5.73 Å². The Labute approximate surface area is 136 Å². The molecule has 1 aromatic rings. The van der Waals surface area contributed by atoms with Crippen LogP contribution in [-0.4, -0.2) is 30.8 Å². The summed E-state index contributed by atoms with van der Waals surface area (Å²) >= 11 is 11.0. The highest BCUT2D eigenvalue weighted by molar-refractivity contribution is 7.89. The third-order valence-corrected chi connectivity index (χ3v) is 6.30. The molecule has 1 heterocycles. The van der Waals surface area contributed by atoms with Crippen LogP contribution >= 0.6 is 23.8 Å². The predicted octanol–water partition coefficient (Wildman–Crippen LogP) is 2.78. The van der Waals surface area contributed by atoms with Crippen molar-refractivity contribution in [3.63, 3.8) is 0 Å². The number of piperidine rings is 1. The van der Waals surface area contributed by atoms with Crippen molar-refractivity contribution in [3.8, 4) is 0 Å². The Hall–Kier alpha value is -0.690. The molecule has 1 atom stereocenters. The van der Waals surface area contributed by atoms with E-state index < -0.39 is 10.0 Å². The molecule has 1 aliphatic rings. The van der Waals surface area contributed by atoms with E-state index in [9.17, 15) is 8.42 Å². The van der Waals surface area contributed by atoms with Crippen molar-refractivity contribution >= 4 is 38.8 Å².